The van der Waals surface area contributed by atoms with E-state index < -0.39 is 0 Å². The lowest BCUT2D eigenvalue weighted by molar-refractivity contribution is -0.148. The van der Waals surface area contributed by atoms with Crippen molar-refractivity contribution in [2.45, 2.75) is 13.8 Å². The molecule has 0 rings (SSSR count). The summed E-state index contributed by atoms with van der Waals surface area (Å²) in [7, 11) is 0. The molecule has 0 atom stereocenters. The average Bonchev–Trinajstić information content (AvgIpc) is 1.97. The molecule has 0 aromatic carbocycles. The van der Waals surface area contributed by atoms with Crippen LogP contribution in [0, 0.1) is 12.8 Å². The van der Waals surface area contributed by atoms with Crippen molar-refractivity contribution >= 4 is 5.97 Å². The van der Waals surface area contributed by atoms with Crippen LogP contribution in [0.4, 0.5) is 0 Å². The van der Waals surface area contributed by atoms with Gasteiger partial charge in [0.15, 0.2) is 0 Å². The smallest absolute Gasteiger partial charge is 0.308 e. The van der Waals surface area contributed by atoms with Gasteiger partial charge in [0.1, 0.15) is 6.61 Å². The lowest BCUT2D eigenvalue weighted by Gasteiger charge is -2.06. The summed E-state index contributed by atoms with van der Waals surface area (Å²) in [6, 6.07) is 0. The summed E-state index contributed by atoms with van der Waals surface area (Å²) in [6.45, 7) is 8.24. The van der Waals surface area contributed by atoms with Crippen LogP contribution in [0.5, 0.6) is 0 Å². The van der Waals surface area contributed by atoms with Crippen LogP contribution in [0.3, 0.4) is 0 Å². The van der Waals surface area contributed by atoms with Crippen LogP contribution < -0.4 is 0 Å². The molecule has 0 aromatic heterocycles. The van der Waals surface area contributed by atoms with Gasteiger partial charge >= 0.3 is 5.97 Å². The topological polar surface area (TPSA) is 35.5 Å². The Morgan fingerprint density at radius 2 is 2.09 bits per heavy atom. The van der Waals surface area contributed by atoms with Gasteiger partial charge in [-0.3, -0.25) is 4.79 Å². The first-order valence-corrected chi connectivity index (χ1v) is 3.72. The molecule has 0 aliphatic carbocycles. The number of carbonyl (C=O) groups is 1. The Balaban J connectivity index is 3.18. The van der Waals surface area contributed by atoms with E-state index >= 15 is 0 Å². The summed E-state index contributed by atoms with van der Waals surface area (Å²) in [5, 5.41) is 0. The normalized spacial score (nSPS) is 10.2. The van der Waals surface area contributed by atoms with Crippen molar-refractivity contribution in [3.63, 3.8) is 0 Å². The summed E-state index contributed by atoms with van der Waals surface area (Å²) in [5.41, 5.74) is 0. The number of esters is 1. The molecule has 65 valence electrons. The second-order valence-corrected chi connectivity index (χ2v) is 2.43. The van der Waals surface area contributed by atoms with Gasteiger partial charge in [-0.25, -0.2) is 0 Å². The van der Waals surface area contributed by atoms with Crippen molar-refractivity contribution in [2.75, 3.05) is 19.8 Å². The van der Waals surface area contributed by atoms with Crippen molar-refractivity contribution in [1.29, 1.82) is 0 Å². The summed E-state index contributed by atoms with van der Waals surface area (Å²) in [4.78, 5) is 10.8. The van der Waals surface area contributed by atoms with Crippen molar-refractivity contribution < 1.29 is 14.3 Å². The quantitative estimate of drug-likeness (QED) is 0.444. The minimum absolute atomic E-state index is 0.0604. The monoisotopic (exact) mass is 159 g/mol. The minimum atomic E-state index is -0.183. The van der Waals surface area contributed by atoms with E-state index in [1.165, 1.54) is 0 Å². The van der Waals surface area contributed by atoms with Gasteiger partial charge in [0.2, 0.25) is 0 Å². The molecule has 1 radical (unpaired) electrons. The van der Waals surface area contributed by atoms with Gasteiger partial charge in [0.05, 0.1) is 12.5 Å². The molecule has 0 aliphatic heterocycles. The lowest BCUT2D eigenvalue weighted by Crippen LogP contribution is -2.15. The van der Waals surface area contributed by atoms with Crippen molar-refractivity contribution in [3.8, 4) is 0 Å². The number of hydrogen-bond acceptors (Lipinski definition) is 3. The zero-order valence-corrected chi connectivity index (χ0v) is 7.13. The van der Waals surface area contributed by atoms with E-state index in [4.69, 9.17) is 9.47 Å². The van der Waals surface area contributed by atoms with Crippen molar-refractivity contribution in [1.82, 2.24) is 0 Å². The molecule has 0 heterocycles. The lowest BCUT2D eigenvalue weighted by atomic mass is 10.2. The van der Waals surface area contributed by atoms with Gasteiger partial charge in [-0.1, -0.05) is 13.8 Å². The summed E-state index contributed by atoms with van der Waals surface area (Å²) in [5.74, 6) is -0.243. The molecular weight excluding hydrogens is 144 g/mol. The van der Waals surface area contributed by atoms with Crippen LogP contribution in [-0.2, 0) is 14.3 Å². The second-order valence-electron chi connectivity index (χ2n) is 2.43. The molecular formula is C8H15O3. The van der Waals surface area contributed by atoms with Gasteiger partial charge < -0.3 is 9.47 Å². The number of ether oxygens (including phenoxy) is 2. The number of rotatable bonds is 5. The Bertz CT molecular complexity index is 110. The fraction of sp³-hybridized carbons (Fsp3) is 0.750. The van der Waals surface area contributed by atoms with E-state index in [-0.39, 0.29) is 11.9 Å². The molecule has 0 N–H and O–H groups in total. The second kappa shape index (κ2) is 6.16. The van der Waals surface area contributed by atoms with Gasteiger partial charge in [-0.2, -0.15) is 0 Å². The fourth-order valence-corrected chi connectivity index (χ4v) is 0.470. The van der Waals surface area contributed by atoms with E-state index in [0.717, 1.165) is 0 Å². The standard InChI is InChI=1S/C8H15O3/c1-4-10-5-6-11-8(9)7(2)3/h7H,1,4-6H2,2-3H3. The van der Waals surface area contributed by atoms with Gasteiger partial charge in [0.25, 0.3) is 0 Å². The maximum Gasteiger partial charge on any atom is 0.308 e. The van der Waals surface area contributed by atoms with E-state index in [2.05, 4.69) is 6.92 Å². The predicted octanol–water partition coefficient (Wildman–Crippen LogP) is 1.04. The molecule has 11 heavy (non-hydrogen) atoms. The molecule has 0 unspecified atom stereocenters. The first-order chi connectivity index (χ1) is 5.18. The molecule has 0 aromatic rings. The highest BCUT2D eigenvalue weighted by molar-refractivity contribution is 5.71. The zero-order valence-electron chi connectivity index (χ0n) is 7.13. The van der Waals surface area contributed by atoms with Crippen LogP contribution >= 0.6 is 0 Å². The van der Waals surface area contributed by atoms with Crippen LogP contribution in [0.15, 0.2) is 0 Å². The molecule has 0 fully saturated rings. The fourth-order valence-electron chi connectivity index (χ4n) is 0.470. The SMILES string of the molecule is [CH2]COCCOC(=O)C(C)C. The third-order valence-corrected chi connectivity index (χ3v) is 1.09. The van der Waals surface area contributed by atoms with Crippen LogP contribution in [0.2, 0.25) is 0 Å². The maximum absolute atomic E-state index is 10.8. The Labute approximate surface area is 67.7 Å². The van der Waals surface area contributed by atoms with Gasteiger partial charge in [0, 0.05) is 6.61 Å². The third kappa shape index (κ3) is 5.85. The Hall–Kier alpha value is -0.570. The first-order valence-electron chi connectivity index (χ1n) is 3.72. The van der Waals surface area contributed by atoms with Gasteiger partial charge in [-0.05, 0) is 6.92 Å². The minimum Gasteiger partial charge on any atom is -0.463 e. The average molecular weight is 159 g/mol. The summed E-state index contributed by atoms with van der Waals surface area (Å²) < 4.78 is 9.69. The van der Waals surface area contributed by atoms with E-state index in [0.29, 0.717) is 19.8 Å². The van der Waals surface area contributed by atoms with Crippen LogP contribution in [0.1, 0.15) is 13.8 Å². The first kappa shape index (κ1) is 10.4. The van der Waals surface area contributed by atoms with Crippen LogP contribution in [0.25, 0.3) is 0 Å². The number of carbonyl (C=O) groups excluding carboxylic acids is 1. The molecule has 0 bridgehead atoms. The molecule has 3 heteroatoms. The molecule has 0 saturated heterocycles. The summed E-state index contributed by atoms with van der Waals surface area (Å²) in [6.07, 6.45) is 0. The van der Waals surface area contributed by atoms with Gasteiger partial charge in [-0.15, -0.1) is 0 Å². The zero-order chi connectivity index (χ0) is 8.69. The van der Waals surface area contributed by atoms with E-state index in [1.54, 1.807) is 13.8 Å². The molecule has 0 spiro atoms. The molecule has 0 amide bonds. The maximum atomic E-state index is 10.8. The molecule has 3 nitrogen and oxygen atoms in total. The third-order valence-electron chi connectivity index (χ3n) is 1.09. The van der Waals surface area contributed by atoms with Crippen molar-refractivity contribution in [2.24, 2.45) is 5.92 Å². The van der Waals surface area contributed by atoms with E-state index in [1.807, 2.05) is 0 Å². The predicted molar refractivity (Wildman–Crippen MR) is 42.0 cm³/mol. The van der Waals surface area contributed by atoms with E-state index in [9.17, 15) is 4.79 Å². The Kier molecular flexibility index (Phi) is 5.84. The highest BCUT2D eigenvalue weighted by atomic mass is 16.6. The Morgan fingerprint density at radius 3 is 2.55 bits per heavy atom. The highest BCUT2D eigenvalue weighted by Gasteiger charge is 2.06. The highest BCUT2D eigenvalue weighted by Crippen LogP contribution is 1.94. The van der Waals surface area contributed by atoms with Crippen molar-refractivity contribution in [3.05, 3.63) is 6.92 Å². The molecule has 0 saturated carbocycles. The molecule has 0 aliphatic rings. The Morgan fingerprint density at radius 1 is 1.45 bits per heavy atom. The number of hydrogen-bond donors (Lipinski definition) is 0. The summed E-state index contributed by atoms with van der Waals surface area (Å²) >= 11 is 0. The van der Waals surface area contributed by atoms with Crippen LogP contribution in [-0.4, -0.2) is 25.8 Å². The largest absolute Gasteiger partial charge is 0.463 e.